The quantitative estimate of drug-likeness (QED) is 0.777. The zero-order chi connectivity index (χ0) is 17.0. The van der Waals surface area contributed by atoms with Gasteiger partial charge in [0.15, 0.2) is 0 Å². The first-order chi connectivity index (χ1) is 10.0. The maximum absolute atomic E-state index is 12.4. The predicted molar refractivity (Wildman–Crippen MR) is 96.3 cm³/mol. The molecule has 0 aliphatic carbocycles. The van der Waals surface area contributed by atoms with Crippen LogP contribution >= 0.6 is 12.4 Å². The van der Waals surface area contributed by atoms with Crippen LogP contribution in [0.4, 0.5) is 0 Å². The van der Waals surface area contributed by atoms with Crippen molar-refractivity contribution < 1.29 is 13.2 Å². The van der Waals surface area contributed by atoms with Gasteiger partial charge in [0.25, 0.3) is 0 Å². The summed E-state index contributed by atoms with van der Waals surface area (Å²) in [5, 5.41) is 2.90. The number of sulfone groups is 1. The molecule has 0 aromatic heterocycles. The molecule has 1 aromatic rings. The van der Waals surface area contributed by atoms with Crippen LogP contribution in [0, 0.1) is 5.92 Å². The second kappa shape index (κ2) is 8.66. The summed E-state index contributed by atoms with van der Waals surface area (Å²) in [6.07, 6.45) is 1.56. The molecule has 7 heteroatoms. The highest BCUT2D eigenvalue weighted by atomic mass is 35.5. The number of nitrogens with two attached hydrogens (primary N) is 1. The van der Waals surface area contributed by atoms with E-state index >= 15 is 0 Å². The van der Waals surface area contributed by atoms with Gasteiger partial charge >= 0.3 is 0 Å². The Morgan fingerprint density at radius 1 is 1.26 bits per heavy atom. The molecule has 0 saturated carbocycles. The van der Waals surface area contributed by atoms with Crippen molar-refractivity contribution >= 4 is 28.2 Å². The molecule has 0 radical (unpaired) electrons. The van der Waals surface area contributed by atoms with E-state index < -0.39 is 27.3 Å². The molecule has 0 fully saturated rings. The van der Waals surface area contributed by atoms with E-state index in [9.17, 15) is 13.2 Å². The first kappa shape index (κ1) is 21.9. The van der Waals surface area contributed by atoms with Gasteiger partial charge in [-0.1, -0.05) is 37.3 Å². The second-order valence-electron chi connectivity index (χ2n) is 6.48. The average molecular weight is 363 g/mol. The summed E-state index contributed by atoms with van der Waals surface area (Å²) in [5.41, 5.74) is 6.45. The van der Waals surface area contributed by atoms with E-state index in [1.165, 1.54) is 6.26 Å². The molecule has 23 heavy (non-hydrogen) atoms. The van der Waals surface area contributed by atoms with Crippen LogP contribution in [0.15, 0.2) is 30.3 Å². The van der Waals surface area contributed by atoms with Crippen LogP contribution in [0.5, 0.6) is 0 Å². The first-order valence-corrected chi connectivity index (χ1v) is 9.38. The Morgan fingerprint density at radius 2 is 1.78 bits per heavy atom. The normalized spacial score (nSPS) is 14.5. The Morgan fingerprint density at radius 3 is 2.26 bits per heavy atom. The standard InChI is InChI=1S/C16H26N2O3S.ClH/c1-12(14(17)13-8-6-5-7-9-13)15(19)18-16(2,3)10-11-22(4,20)21;/h5-9,12,14H,10-11,17H2,1-4H3,(H,18,19);1H. The number of hydrogen-bond acceptors (Lipinski definition) is 4. The average Bonchev–Trinajstić information content (AvgIpc) is 2.43. The third-order valence-corrected chi connectivity index (χ3v) is 4.64. The largest absolute Gasteiger partial charge is 0.351 e. The summed E-state index contributed by atoms with van der Waals surface area (Å²) >= 11 is 0. The topological polar surface area (TPSA) is 89.3 Å². The fourth-order valence-corrected chi connectivity index (χ4v) is 2.96. The highest BCUT2D eigenvalue weighted by molar-refractivity contribution is 7.90. The fourth-order valence-electron chi connectivity index (χ4n) is 2.08. The van der Waals surface area contributed by atoms with E-state index in [1.54, 1.807) is 6.92 Å². The van der Waals surface area contributed by atoms with Crippen molar-refractivity contribution in [1.82, 2.24) is 5.32 Å². The number of halogens is 1. The van der Waals surface area contributed by atoms with Gasteiger partial charge in [-0.2, -0.15) is 0 Å². The van der Waals surface area contributed by atoms with Gasteiger partial charge in [0, 0.05) is 17.8 Å². The molecule has 0 spiro atoms. The minimum atomic E-state index is -3.05. The Labute approximate surface area is 145 Å². The van der Waals surface area contributed by atoms with Gasteiger partial charge in [0.2, 0.25) is 5.91 Å². The molecule has 3 N–H and O–H groups in total. The summed E-state index contributed by atoms with van der Waals surface area (Å²) in [5.74, 6) is -0.533. The van der Waals surface area contributed by atoms with Gasteiger partial charge in [-0.3, -0.25) is 4.79 Å². The smallest absolute Gasteiger partial charge is 0.225 e. The van der Waals surface area contributed by atoms with Crippen LogP contribution in [-0.2, 0) is 14.6 Å². The Bertz CT molecular complexity index is 603. The second-order valence-corrected chi connectivity index (χ2v) is 8.74. The van der Waals surface area contributed by atoms with Crippen LogP contribution in [0.2, 0.25) is 0 Å². The number of carbonyl (C=O) groups excluding carboxylic acids is 1. The van der Waals surface area contributed by atoms with Gasteiger partial charge in [0.05, 0.1) is 11.7 Å². The van der Waals surface area contributed by atoms with Crippen LogP contribution in [0.1, 0.15) is 38.8 Å². The van der Waals surface area contributed by atoms with Crippen LogP contribution in [0.3, 0.4) is 0 Å². The first-order valence-electron chi connectivity index (χ1n) is 7.32. The lowest BCUT2D eigenvalue weighted by molar-refractivity contribution is -0.126. The zero-order valence-corrected chi connectivity index (χ0v) is 15.7. The van der Waals surface area contributed by atoms with Crippen LogP contribution in [-0.4, -0.2) is 31.9 Å². The molecule has 0 heterocycles. The van der Waals surface area contributed by atoms with Crippen molar-refractivity contribution in [3.8, 4) is 0 Å². The molecule has 0 saturated heterocycles. The maximum Gasteiger partial charge on any atom is 0.225 e. The van der Waals surface area contributed by atoms with E-state index in [0.717, 1.165) is 5.56 Å². The lowest BCUT2D eigenvalue weighted by atomic mass is 9.93. The van der Waals surface area contributed by atoms with Gasteiger partial charge in [0.1, 0.15) is 9.84 Å². The third-order valence-electron chi connectivity index (χ3n) is 3.70. The lowest BCUT2D eigenvalue weighted by Gasteiger charge is -2.29. The van der Waals surface area contributed by atoms with E-state index in [2.05, 4.69) is 5.32 Å². The van der Waals surface area contributed by atoms with Crippen LogP contribution < -0.4 is 11.1 Å². The Hall–Kier alpha value is -1.11. The highest BCUT2D eigenvalue weighted by Crippen LogP contribution is 2.20. The van der Waals surface area contributed by atoms with E-state index in [4.69, 9.17) is 5.73 Å². The molecular weight excluding hydrogens is 336 g/mol. The van der Waals surface area contributed by atoms with Crippen LogP contribution in [0.25, 0.3) is 0 Å². The molecule has 2 atom stereocenters. The number of nitrogens with one attached hydrogen (secondary N) is 1. The summed E-state index contributed by atoms with van der Waals surface area (Å²) in [4.78, 5) is 12.4. The van der Waals surface area contributed by atoms with Gasteiger partial charge in [-0.15, -0.1) is 12.4 Å². The third kappa shape index (κ3) is 7.81. The molecule has 1 amide bonds. The molecular formula is C16H27ClN2O3S. The van der Waals surface area contributed by atoms with E-state index in [-0.39, 0.29) is 24.1 Å². The highest BCUT2D eigenvalue weighted by Gasteiger charge is 2.28. The van der Waals surface area contributed by atoms with Crippen molar-refractivity contribution in [2.45, 2.75) is 38.8 Å². The van der Waals surface area contributed by atoms with Gasteiger partial charge in [-0.25, -0.2) is 8.42 Å². The predicted octanol–water partition coefficient (Wildman–Crippen LogP) is 2.07. The Balaban J connectivity index is 0.00000484. The number of carbonyl (C=O) groups is 1. The monoisotopic (exact) mass is 362 g/mol. The fraction of sp³-hybridized carbons (Fsp3) is 0.562. The van der Waals surface area contributed by atoms with E-state index in [0.29, 0.717) is 6.42 Å². The van der Waals surface area contributed by atoms with Gasteiger partial charge < -0.3 is 11.1 Å². The summed E-state index contributed by atoms with van der Waals surface area (Å²) in [6.45, 7) is 5.41. The van der Waals surface area contributed by atoms with Crippen molar-refractivity contribution in [3.05, 3.63) is 35.9 Å². The molecule has 0 aliphatic rings. The zero-order valence-electron chi connectivity index (χ0n) is 14.1. The number of hydrogen-bond donors (Lipinski definition) is 2. The minimum Gasteiger partial charge on any atom is -0.351 e. The van der Waals surface area contributed by atoms with Gasteiger partial charge in [-0.05, 0) is 25.8 Å². The number of amides is 1. The molecule has 5 nitrogen and oxygen atoms in total. The summed E-state index contributed by atoms with van der Waals surface area (Å²) in [7, 11) is -3.05. The molecule has 1 rings (SSSR count). The minimum absolute atomic E-state index is 0. The maximum atomic E-state index is 12.4. The summed E-state index contributed by atoms with van der Waals surface area (Å²) in [6, 6.07) is 9.06. The molecule has 0 bridgehead atoms. The Kier molecular flexibility index (Phi) is 8.24. The molecule has 2 unspecified atom stereocenters. The van der Waals surface area contributed by atoms with E-state index in [1.807, 2.05) is 44.2 Å². The molecule has 132 valence electrons. The SMILES string of the molecule is CC(C(=O)NC(C)(C)CCS(C)(=O)=O)C(N)c1ccccc1.Cl. The number of rotatable bonds is 7. The number of benzene rings is 1. The van der Waals surface area contributed by atoms with Crippen molar-refractivity contribution in [1.29, 1.82) is 0 Å². The lowest BCUT2D eigenvalue weighted by Crippen LogP contribution is -2.48. The van der Waals surface area contributed by atoms with Crippen molar-refractivity contribution in [2.24, 2.45) is 11.7 Å². The van der Waals surface area contributed by atoms with Crippen molar-refractivity contribution in [2.75, 3.05) is 12.0 Å². The molecule has 1 aromatic carbocycles. The van der Waals surface area contributed by atoms with Crippen molar-refractivity contribution in [3.63, 3.8) is 0 Å². The molecule has 0 aliphatic heterocycles. The summed E-state index contributed by atoms with van der Waals surface area (Å²) < 4.78 is 22.5.